The van der Waals surface area contributed by atoms with Crippen molar-refractivity contribution in [3.63, 3.8) is 0 Å². The summed E-state index contributed by atoms with van der Waals surface area (Å²) in [7, 11) is 1.40. The molecule has 2 aromatic heterocycles. The van der Waals surface area contributed by atoms with Gasteiger partial charge in [0, 0.05) is 13.1 Å². The Hall–Kier alpha value is -2.06. The number of hydrogen-bond donors (Lipinski definition) is 2. The molecule has 2 N–H and O–H groups in total. The molecule has 2 heterocycles. The maximum absolute atomic E-state index is 12.3. The van der Waals surface area contributed by atoms with E-state index in [2.05, 4.69) is 25.6 Å². The Morgan fingerprint density at radius 3 is 2.69 bits per heavy atom. The Morgan fingerprint density at radius 1 is 1.44 bits per heavy atom. The molecule has 0 bridgehead atoms. The molecule has 0 aliphatic heterocycles. The minimum absolute atomic E-state index is 0.170. The SMILES string of the molecule is Cn1nc(C(F)(F)F)cc1Nc1ncn[nH]1. The molecule has 0 radical (unpaired) electrons. The van der Waals surface area contributed by atoms with E-state index in [-0.39, 0.29) is 11.8 Å². The molecular weight excluding hydrogens is 225 g/mol. The summed E-state index contributed by atoms with van der Waals surface area (Å²) in [5.41, 5.74) is -0.961. The van der Waals surface area contributed by atoms with E-state index in [0.29, 0.717) is 0 Å². The molecule has 0 unspecified atom stereocenters. The van der Waals surface area contributed by atoms with Crippen LogP contribution < -0.4 is 5.32 Å². The van der Waals surface area contributed by atoms with E-state index in [4.69, 9.17) is 0 Å². The number of aryl methyl sites for hydroxylation is 1. The first-order valence-corrected chi connectivity index (χ1v) is 4.20. The molecule has 9 heteroatoms. The van der Waals surface area contributed by atoms with Gasteiger partial charge in [0.15, 0.2) is 5.69 Å². The highest BCUT2D eigenvalue weighted by Crippen LogP contribution is 2.29. The van der Waals surface area contributed by atoms with Crippen LogP contribution in [0, 0.1) is 0 Å². The van der Waals surface area contributed by atoms with Crippen LogP contribution >= 0.6 is 0 Å². The van der Waals surface area contributed by atoms with Crippen molar-refractivity contribution >= 4 is 11.8 Å². The summed E-state index contributed by atoms with van der Waals surface area (Å²) in [6.07, 6.45) is -3.22. The van der Waals surface area contributed by atoms with E-state index in [0.717, 1.165) is 10.7 Å². The summed E-state index contributed by atoms with van der Waals surface area (Å²) >= 11 is 0. The highest BCUT2D eigenvalue weighted by atomic mass is 19.4. The van der Waals surface area contributed by atoms with Gasteiger partial charge in [-0.25, -0.2) is 5.10 Å². The summed E-state index contributed by atoms with van der Waals surface area (Å²) in [5.74, 6) is 0.417. The van der Waals surface area contributed by atoms with E-state index in [1.807, 2.05) is 0 Å². The summed E-state index contributed by atoms with van der Waals surface area (Å²) < 4.78 is 38.0. The zero-order chi connectivity index (χ0) is 11.8. The lowest BCUT2D eigenvalue weighted by atomic mass is 10.4. The molecule has 2 rings (SSSR count). The lowest BCUT2D eigenvalue weighted by Gasteiger charge is -2.00. The minimum Gasteiger partial charge on any atom is -0.309 e. The summed E-state index contributed by atoms with van der Waals surface area (Å²) in [4.78, 5) is 3.72. The molecule has 6 nitrogen and oxygen atoms in total. The Morgan fingerprint density at radius 2 is 2.19 bits per heavy atom. The second-order valence-corrected chi connectivity index (χ2v) is 3.00. The molecule has 0 aromatic carbocycles. The quantitative estimate of drug-likeness (QED) is 0.818. The monoisotopic (exact) mass is 232 g/mol. The van der Waals surface area contributed by atoms with E-state index < -0.39 is 11.9 Å². The Kier molecular flexibility index (Phi) is 2.29. The number of nitrogens with zero attached hydrogens (tertiary/aromatic N) is 4. The third-order valence-corrected chi connectivity index (χ3v) is 1.83. The molecule has 0 saturated heterocycles. The molecule has 2 aromatic rings. The molecule has 0 saturated carbocycles. The molecule has 0 amide bonds. The van der Waals surface area contributed by atoms with Gasteiger partial charge in [-0.3, -0.25) is 4.68 Å². The van der Waals surface area contributed by atoms with Crippen molar-refractivity contribution in [2.45, 2.75) is 6.18 Å². The first-order valence-electron chi connectivity index (χ1n) is 4.20. The van der Waals surface area contributed by atoms with Crippen LogP contribution in [-0.2, 0) is 13.2 Å². The first-order chi connectivity index (χ1) is 7.47. The first kappa shape index (κ1) is 10.5. The van der Waals surface area contributed by atoms with Crippen LogP contribution in [0.5, 0.6) is 0 Å². The zero-order valence-corrected chi connectivity index (χ0v) is 8.08. The summed E-state index contributed by atoms with van der Waals surface area (Å²) in [6.45, 7) is 0. The van der Waals surface area contributed by atoms with Gasteiger partial charge >= 0.3 is 6.18 Å². The van der Waals surface area contributed by atoms with Crippen molar-refractivity contribution in [3.05, 3.63) is 18.1 Å². The van der Waals surface area contributed by atoms with Crippen LogP contribution in [0.25, 0.3) is 0 Å². The lowest BCUT2D eigenvalue weighted by molar-refractivity contribution is -0.141. The Balaban J connectivity index is 2.26. The highest BCUT2D eigenvalue weighted by Gasteiger charge is 2.34. The van der Waals surface area contributed by atoms with Crippen molar-refractivity contribution in [2.75, 3.05) is 5.32 Å². The molecule has 0 fully saturated rings. The average Bonchev–Trinajstić information content (AvgIpc) is 2.76. The largest absolute Gasteiger partial charge is 0.435 e. The Labute approximate surface area is 87.5 Å². The normalized spacial score (nSPS) is 11.8. The van der Waals surface area contributed by atoms with E-state index in [1.54, 1.807) is 0 Å². The van der Waals surface area contributed by atoms with Gasteiger partial charge in [-0.2, -0.15) is 28.4 Å². The van der Waals surface area contributed by atoms with Crippen molar-refractivity contribution in [3.8, 4) is 0 Å². The molecule has 0 spiro atoms. The number of H-pyrrole nitrogens is 1. The number of aromatic amines is 1. The summed E-state index contributed by atoms with van der Waals surface area (Å²) in [6, 6.07) is 0.891. The standard InChI is InChI=1S/C7H7F3N6/c1-16-5(13-6-11-3-12-14-6)2-4(15-16)7(8,9)10/h2-3H,1H3,(H2,11,12,13,14). The molecule has 0 aliphatic carbocycles. The fourth-order valence-corrected chi connectivity index (χ4v) is 1.11. The number of nitrogens with one attached hydrogen (secondary N) is 2. The number of anilines is 2. The molecule has 0 atom stereocenters. The van der Waals surface area contributed by atoms with E-state index in [9.17, 15) is 13.2 Å². The van der Waals surface area contributed by atoms with Crippen LogP contribution in [-0.4, -0.2) is 25.0 Å². The number of rotatable bonds is 2. The van der Waals surface area contributed by atoms with Crippen LogP contribution in [0.2, 0.25) is 0 Å². The van der Waals surface area contributed by atoms with Gasteiger partial charge in [-0.15, -0.1) is 0 Å². The zero-order valence-electron chi connectivity index (χ0n) is 8.08. The predicted molar refractivity (Wildman–Crippen MR) is 47.9 cm³/mol. The third-order valence-electron chi connectivity index (χ3n) is 1.83. The molecule has 0 aliphatic rings. The van der Waals surface area contributed by atoms with Crippen molar-refractivity contribution < 1.29 is 13.2 Å². The van der Waals surface area contributed by atoms with Crippen molar-refractivity contribution in [2.24, 2.45) is 7.05 Å². The van der Waals surface area contributed by atoms with Gasteiger partial charge in [-0.05, 0) is 0 Å². The highest BCUT2D eigenvalue weighted by molar-refractivity contribution is 5.48. The van der Waals surface area contributed by atoms with Crippen molar-refractivity contribution in [1.29, 1.82) is 0 Å². The topological polar surface area (TPSA) is 71.4 Å². The number of hydrogen-bond acceptors (Lipinski definition) is 4. The second-order valence-electron chi connectivity index (χ2n) is 3.00. The number of halogens is 3. The fraction of sp³-hybridized carbons (Fsp3) is 0.286. The molecular formula is C7H7F3N6. The molecule has 16 heavy (non-hydrogen) atoms. The van der Waals surface area contributed by atoms with Gasteiger partial charge in [0.25, 0.3) is 0 Å². The van der Waals surface area contributed by atoms with Crippen molar-refractivity contribution in [1.82, 2.24) is 25.0 Å². The predicted octanol–water partition coefficient (Wildman–Crippen LogP) is 1.30. The summed E-state index contributed by atoms with van der Waals surface area (Å²) in [5, 5.41) is 12.0. The van der Waals surface area contributed by atoms with Gasteiger partial charge in [0.05, 0.1) is 0 Å². The Bertz CT molecular complexity index is 471. The van der Waals surface area contributed by atoms with Crippen LogP contribution in [0.1, 0.15) is 5.69 Å². The fourth-order valence-electron chi connectivity index (χ4n) is 1.11. The lowest BCUT2D eigenvalue weighted by Crippen LogP contribution is -2.06. The number of alkyl halides is 3. The molecule has 86 valence electrons. The third kappa shape index (κ3) is 1.97. The smallest absolute Gasteiger partial charge is 0.309 e. The van der Waals surface area contributed by atoms with Gasteiger partial charge < -0.3 is 5.32 Å². The van der Waals surface area contributed by atoms with Crippen LogP contribution in [0.15, 0.2) is 12.4 Å². The average molecular weight is 232 g/mol. The van der Waals surface area contributed by atoms with Crippen LogP contribution in [0.4, 0.5) is 24.9 Å². The van der Waals surface area contributed by atoms with Gasteiger partial charge in [0.1, 0.15) is 12.1 Å². The maximum atomic E-state index is 12.3. The van der Waals surface area contributed by atoms with Crippen LogP contribution in [0.3, 0.4) is 0 Å². The van der Waals surface area contributed by atoms with E-state index >= 15 is 0 Å². The maximum Gasteiger partial charge on any atom is 0.435 e. The second kappa shape index (κ2) is 3.51. The van der Waals surface area contributed by atoms with Gasteiger partial charge in [-0.1, -0.05) is 0 Å². The van der Waals surface area contributed by atoms with Gasteiger partial charge in [0.2, 0.25) is 5.95 Å². The number of aromatic nitrogens is 5. The minimum atomic E-state index is -4.46. The van der Waals surface area contributed by atoms with E-state index in [1.165, 1.54) is 13.4 Å².